The molecule has 0 radical (unpaired) electrons. The van der Waals surface area contributed by atoms with E-state index in [0.717, 1.165) is 0 Å². The lowest BCUT2D eigenvalue weighted by atomic mass is 9.92. The maximum Gasteiger partial charge on any atom is 0.393 e. The molecule has 0 aromatic carbocycles. The highest BCUT2D eigenvalue weighted by Crippen LogP contribution is 2.37. The standard InChI is InChI=1S/C15H20F3N3O4.ClH/c1-14(2,3)10-4-12(25-20-10)19-11(22)7-21-5-8(13(23)24)9(6-21)15(16,17)18;/h4,8-9H,5-7H2,1-3H3,(H,19,22)(H,23,24);1H/t8-,9-;/m1./s1. The topological polar surface area (TPSA) is 95.7 Å². The number of nitrogens with zero attached hydrogens (tertiary/aromatic N) is 2. The molecular weight excluding hydrogens is 379 g/mol. The molecule has 1 aliphatic rings. The molecule has 26 heavy (non-hydrogen) atoms. The number of nitrogens with one attached hydrogen (secondary N) is 1. The number of carbonyl (C=O) groups excluding carboxylic acids is 1. The smallest absolute Gasteiger partial charge is 0.393 e. The van der Waals surface area contributed by atoms with E-state index < -0.39 is 36.4 Å². The van der Waals surface area contributed by atoms with Gasteiger partial charge in [0.15, 0.2) is 0 Å². The summed E-state index contributed by atoms with van der Waals surface area (Å²) < 4.78 is 43.8. The van der Waals surface area contributed by atoms with Gasteiger partial charge in [-0.25, -0.2) is 0 Å². The van der Waals surface area contributed by atoms with Crippen LogP contribution in [0.15, 0.2) is 10.6 Å². The monoisotopic (exact) mass is 399 g/mol. The van der Waals surface area contributed by atoms with Crippen LogP contribution in [0.2, 0.25) is 0 Å². The highest BCUT2D eigenvalue weighted by atomic mass is 35.5. The minimum atomic E-state index is -4.62. The normalized spacial score (nSPS) is 21.3. The van der Waals surface area contributed by atoms with Gasteiger partial charge in [-0.05, 0) is 0 Å². The number of hydrogen-bond donors (Lipinski definition) is 2. The fourth-order valence-corrected chi connectivity index (χ4v) is 2.66. The Kier molecular flexibility index (Phi) is 6.69. The summed E-state index contributed by atoms with van der Waals surface area (Å²) in [6, 6.07) is 1.54. The van der Waals surface area contributed by atoms with E-state index >= 15 is 0 Å². The van der Waals surface area contributed by atoms with E-state index in [-0.39, 0.29) is 36.8 Å². The van der Waals surface area contributed by atoms with Crippen LogP contribution in [-0.2, 0) is 15.0 Å². The van der Waals surface area contributed by atoms with Gasteiger partial charge in [0.2, 0.25) is 11.8 Å². The Bertz CT molecular complexity index is 657. The van der Waals surface area contributed by atoms with Crippen LogP contribution in [0.3, 0.4) is 0 Å². The van der Waals surface area contributed by atoms with Crippen molar-refractivity contribution in [3.63, 3.8) is 0 Å². The molecule has 1 saturated heterocycles. The van der Waals surface area contributed by atoms with Gasteiger partial charge in [-0.3, -0.25) is 19.8 Å². The quantitative estimate of drug-likeness (QED) is 0.807. The summed E-state index contributed by atoms with van der Waals surface area (Å²) in [7, 11) is 0. The van der Waals surface area contributed by atoms with Crippen molar-refractivity contribution in [1.82, 2.24) is 10.1 Å². The number of carboxylic acid groups (broad SMARTS) is 1. The lowest BCUT2D eigenvalue weighted by molar-refractivity contribution is -0.188. The van der Waals surface area contributed by atoms with Gasteiger partial charge < -0.3 is 9.63 Å². The Morgan fingerprint density at radius 2 is 1.96 bits per heavy atom. The minimum absolute atomic E-state index is 0. The molecule has 0 aliphatic carbocycles. The number of alkyl halides is 3. The van der Waals surface area contributed by atoms with E-state index in [1.807, 2.05) is 20.8 Å². The average Bonchev–Trinajstić information content (AvgIpc) is 3.04. The van der Waals surface area contributed by atoms with Gasteiger partial charge in [-0.15, -0.1) is 12.4 Å². The molecule has 0 saturated carbocycles. The number of carbonyl (C=O) groups is 2. The second-order valence-electron chi connectivity index (χ2n) is 7.16. The first kappa shape index (κ1) is 22.2. The first-order chi connectivity index (χ1) is 11.4. The predicted octanol–water partition coefficient (Wildman–Crippen LogP) is 2.53. The Morgan fingerprint density at radius 1 is 1.35 bits per heavy atom. The highest BCUT2D eigenvalue weighted by Gasteiger charge is 2.52. The Morgan fingerprint density at radius 3 is 2.38 bits per heavy atom. The van der Waals surface area contributed by atoms with Crippen molar-refractivity contribution < 1.29 is 32.4 Å². The van der Waals surface area contributed by atoms with Crippen molar-refractivity contribution in [3.05, 3.63) is 11.8 Å². The lowest BCUT2D eigenvalue weighted by Gasteiger charge is -2.18. The van der Waals surface area contributed by atoms with Crippen molar-refractivity contribution in [2.45, 2.75) is 32.4 Å². The summed E-state index contributed by atoms with van der Waals surface area (Å²) in [4.78, 5) is 24.2. The highest BCUT2D eigenvalue weighted by molar-refractivity contribution is 5.91. The van der Waals surface area contributed by atoms with Crippen LogP contribution in [-0.4, -0.2) is 52.9 Å². The molecule has 2 rings (SSSR count). The number of halogens is 4. The van der Waals surface area contributed by atoms with Crippen LogP contribution in [0.1, 0.15) is 26.5 Å². The number of aliphatic carboxylic acids is 1. The lowest BCUT2D eigenvalue weighted by Crippen LogP contribution is -2.34. The molecule has 1 amide bonds. The maximum atomic E-state index is 12.9. The molecular formula is C15H21ClF3N3O4. The molecule has 2 heterocycles. The number of aromatic nitrogens is 1. The van der Waals surface area contributed by atoms with Crippen molar-refractivity contribution in [2.24, 2.45) is 11.8 Å². The molecule has 1 aromatic heterocycles. The molecule has 11 heteroatoms. The zero-order valence-electron chi connectivity index (χ0n) is 14.5. The molecule has 1 aliphatic heterocycles. The van der Waals surface area contributed by atoms with Crippen LogP contribution < -0.4 is 5.32 Å². The first-order valence-corrected chi connectivity index (χ1v) is 7.67. The molecule has 1 fully saturated rings. The van der Waals surface area contributed by atoms with Gasteiger partial charge in [-0.2, -0.15) is 13.2 Å². The van der Waals surface area contributed by atoms with E-state index in [4.69, 9.17) is 9.63 Å². The van der Waals surface area contributed by atoms with Crippen LogP contribution in [0.4, 0.5) is 19.1 Å². The number of amides is 1. The van der Waals surface area contributed by atoms with Gasteiger partial charge in [-0.1, -0.05) is 25.9 Å². The van der Waals surface area contributed by atoms with Crippen LogP contribution in [0.5, 0.6) is 0 Å². The summed E-state index contributed by atoms with van der Waals surface area (Å²) in [6.45, 7) is 4.49. The molecule has 148 valence electrons. The fourth-order valence-electron chi connectivity index (χ4n) is 2.66. The van der Waals surface area contributed by atoms with E-state index in [1.165, 1.54) is 4.90 Å². The fraction of sp³-hybridized carbons (Fsp3) is 0.667. The third kappa shape index (κ3) is 5.34. The van der Waals surface area contributed by atoms with E-state index in [9.17, 15) is 22.8 Å². The van der Waals surface area contributed by atoms with Crippen molar-refractivity contribution in [3.8, 4) is 0 Å². The van der Waals surface area contributed by atoms with Gasteiger partial charge in [0.25, 0.3) is 0 Å². The third-order valence-electron chi connectivity index (χ3n) is 4.04. The summed E-state index contributed by atoms with van der Waals surface area (Å²) in [5.41, 5.74) is 0.336. The van der Waals surface area contributed by atoms with Gasteiger partial charge >= 0.3 is 12.1 Å². The number of rotatable bonds is 4. The van der Waals surface area contributed by atoms with Gasteiger partial charge in [0.1, 0.15) is 0 Å². The van der Waals surface area contributed by atoms with Gasteiger partial charge in [0.05, 0.1) is 24.1 Å². The molecule has 2 atom stereocenters. The third-order valence-corrected chi connectivity index (χ3v) is 4.04. The van der Waals surface area contributed by atoms with Crippen LogP contribution in [0.25, 0.3) is 0 Å². The predicted molar refractivity (Wildman–Crippen MR) is 88.2 cm³/mol. The molecule has 7 nitrogen and oxygen atoms in total. The molecule has 2 N–H and O–H groups in total. The zero-order chi connectivity index (χ0) is 19.0. The summed E-state index contributed by atoms with van der Waals surface area (Å²) in [5, 5.41) is 15.2. The summed E-state index contributed by atoms with van der Waals surface area (Å²) >= 11 is 0. The maximum absolute atomic E-state index is 12.9. The second kappa shape index (κ2) is 7.83. The van der Waals surface area contributed by atoms with Gasteiger partial charge in [0, 0.05) is 24.6 Å². The second-order valence-corrected chi connectivity index (χ2v) is 7.16. The van der Waals surface area contributed by atoms with E-state index in [0.29, 0.717) is 5.69 Å². The SMILES string of the molecule is CC(C)(C)c1cc(NC(=O)CN2C[C@@H](C(F)(F)F)[C@H](C(=O)O)C2)on1.Cl. The minimum Gasteiger partial charge on any atom is -0.481 e. The van der Waals surface area contributed by atoms with Crippen molar-refractivity contribution in [2.75, 3.05) is 25.0 Å². The first-order valence-electron chi connectivity index (χ1n) is 7.67. The number of likely N-dealkylation sites (tertiary alicyclic amines) is 1. The largest absolute Gasteiger partial charge is 0.481 e. The Balaban J connectivity index is 0.00000338. The van der Waals surface area contributed by atoms with Crippen molar-refractivity contribution in [1.29, 1.82) is 0 Å². The average molecular weight is 400 g/mol. The molecule has 0 bridgehead atoms. The van der Waals surface area contributed by atoms with E-state index in [2.05, 4.69) is 10.5 Å². The number of carboxylic acids is 1. The Hall–Kier alpha value is -1.81. The molecule has 0 spiro atoms. The Labute approximate surface area is 154 Å². The number of anilines is 1. The van der Waals surface area contributed by atoms with Crippen LogP contribution >= 0.6 is 12.4 Å². The number of hydrogen-bond acceptors (Lipinski definition) is 5. The van der Waals surface area contributed by atoms with E-state index in [1.54, 1.807) is 6.07 Å². The van der Waals surface area contributed by atoms with Crippen LogP contribution in [0, 0.1) is 11.8 Å². The zero-order valence-corrected chi connectivity index (χ0v) is 15.3. The molecule has 0 unspecified atom stereocenters. The summed E-state index contributed by atoms with van der Waals surface area (Å²) in [5.74, 6) is -5.59. The summed E-state index contributed by atoms with van der Waals surface area (Å²) in [6.07, 6.45) is -4.62. The van der Waals surface area contributed by atoms with Crippen molar-refractivity contribution >= 4 is 30.2 Å². The molecule has 1 aromatic rings.